The average Bonchev–Trinajstić information content (AvgIpc) is 2.10. The maximum absolute atomic E-state index is 9.49. The van der Waals surface area contributed by atoms with Crippen molar-refractivity contribution >= 4 is 0 Å². The first-order chi connectivity index (χ1) is 5.72. The molecule has 3 heteroatoms. The van der Waals surface area contributed by atoms with Gasteiger partial charge in [0, 0.05) is 20.3 Å². The van der Waals surface area contributed by atoms with Crippen molar-refractivity contribution < 1.29 is 14.6 Å². The van der Waals surface area contributed by atoms with Crippen LogP contribution in [0.2, 0.25) is 0 Å². The molecule has 1 N–H and O–H groups in total. The van der Waals surface area contributed by atoms with Gasteiger partial charge in [-0.1, -0.05) is 6.92 Å². The van der Waals surface area contributed by atoms with E-state index in [0.29, 0.717) is 19.8 Å². The van der Waals surface area contributed by atoms with Crippen LogP contribution in [-0.4, -0.2) is 38.1 Å². The van der Waals surface area contributed by atoms with Crippen molar-refractivity contribution in [1.29, 1.82) is 0 Å². The molecule has 0 saturated heterocycles. The van der Waals surface area contributed by atoms with Gasteiger partial charge in [0.1, 0.15) is 0 Å². The van der Waals surface area contributed by atoms with Crippen LogP contribution >= 0.6 is 0 Å². The zero-order chi connectivity index (χ0) is 9.40. The summed E-state index contributed by atoms with van der Waals surface area (Å²) in [5.41, 5.74) is 0. The highest BCUT2D eigenvalue weighted by atomic mass is 16.5. The van der Waals surface area contributed by atoms with E-state index in [1.165, 1.54) is 0 Å². The SMILES string of the molecule is CCOCC(O)C(C)CCOC. The average molecular weight is 176 g/mol. The lowest BCUT2D eigenvalue weighted by molar-refractivity contribution is 0.00558. The smallest absolute Gasteiger partial charge is 0.0799 e. The molecule has 0 radical (unpaired) electrons. The first-order valence-electron chi connectivity index (χ1n) is 4.47. The molecule has 0 aromatic carbocycles. The van der Waals surface area contributed by atoms with Crippen LogP contribution in [0, 0.1) is 5.92 Å². The largest absolute Gasteiger partial charge is 0.390 e. The summed E-state index contributed by atoms with van der Waals surface area (Å²) in [6, 6.07) is 0. The molecule has 2 unspecified atom stereocenters. The van der Waals surface area contributed by atoms with E-state index >= 15 is 0 Å². The van der Waals surface area contributed by atoms with Gasteiger partial charge in [0.15, 0.2) is 0 Å². The summed E-state index contributed by atoms with van der Waals surface area (Å²) >= 11 is 0. The summed E-state index contributed by atoms with van der Waals surface area (Å²) in [4.78, 5) is 0. The molecule has 0 rings (SSSR count). The Bertz CT molecular complexity index is 83.8. The van der Waals surface area contributed by atoms with Crippen LogP contribution in [0.5, 0.6) is 0 Å². The molecule has 0 spiro atoms. The van der Waals surface area contributed by atoms with Gasteiger partial charge in [0.05, 0.1) is 12.7 Å². The molecular formula is C9H20O3. The first kappa shape index (κ1) is 11.9. The van der Waals surface area contributed by atoms with Gasteiger partial charge in [-0.05, 0) is 19.3 Å². The number of rotatable bonds is 7. The predicted molar refractivity (Wildman–Crippen MR) is 48.2 cm³/mol. The molecule has 0 bridgehead atoms. The highest BCUT2D eigenvalue weighted by Crippen LogP contribution is 2.08. The summed E-state index contributed by atoms with van der Waals surface area (Å²) in [7, 11) is 1.67. The summed E-state index contributed by atoms with van der Waals surface area (Å²) in [6.45, 7) is 5.72. The van der Waals surface area contributed by atoms with Crippen LogP contribution in [0.15, 0.2) is 0 Å². The summed E-state index contributed by atoms with van der Waals surface area (Å²) in [5, 5.41) is 9.49. The Morgan fingerprint density at radius 1 is 1.42 bits per heavy atom. The van der Waals surface area contributed by atoms with Crippen molar-refractivity contribution in [3.8, 4) is 0 Å². The number of aliphatic hydroxyl groups is 1. The monoisotopic (exact) mass is 176 g/mol. The van der Waals surface area contributed by atoms with E-state index < -0.39 is 0 Å². The molecule has 0 aliphatic heterocycles. The standard InChI is InChI=1S/C9H20O3/c1-4-12-7-9(10)8(2)5-6-11-3/h8-10H,4-7H2,1-3H3. The van der Waals surface area contributed by atoms with Crippen LogP contribution in [0.3, 0.4) is 0 Å². The minimum atomic E-state index is -0.361. The van der Waals surface area contributed by atoms with Crippen molar-refractivity contribution in [2.75, 3.05) is 26.9 Å². The lowest BCUT2D eigenvalue weighted by Crippen LogP contribution is -2.24. The number of aliphatic hydroxyl groups excluding tert-OH is 1. The Balaban J connectivity index is 3.39. The van der Waals surface area contributed by atoms with Gasteiger partial charge < -0.3 is 14.6 Å². The second-order valence-electron chi connectivity index (χ2n) is 2.99. The lowest BCUT2D eigenvalue weighted by atomic mass is 10.0. The highest BCUT2D eigenvalue weighted by molar-refractivity contribution is 4.63. The third-order valence-corrected chi connectivity index (χ3v) is 1.93. The molecule has 12 heavy (non-hydrogen) atoms. The van der Waals surface area contributed by atoms with Crippen LogP contribution in [0.1, 0.15) is 20.3 Å². The van der Waals surface area contributed by atoms with Crippen LogP contribution in [0.25, 0.3) is 0 Å². The second-order valence-corrected chi connectivity index (χ2v) is 2.99. The van der Waals surface area contributed by atoms with E-state index in [2.05, 4.69) is 0 Å². The van der Waals surface area contributed by atoms with E-state index in [9.17, 15) is 5.11 Å². The van der Waals surface area contributed by atoms with E-state index in [1.807, 2.05) is 13.8 Å². The minimum absolute atomic E-state index is 0.247. The Morgan fingerprint density at radius 2 is 2.08 bits per heavy atom. The molecule has 0 fully saturated rings. The van der Waals surface area contributed by atoms with Crippen molar-refractivity contribution in [2.45, 2.75) is 26.4 Å². The molecule has 0 aliphatic carbocycles. The topological polar surface area (TPSA) is 38.7 Å². The number of hydrogen-bond donors (Lipinski definition) is 1. The molecule has 0 aliphatic rings. The van der Waals surface area contributed by atoms with Crippen molar-refractivity contribution in [3.63, 3.8) is 0 Å². The minimum Gasteiger partial charge on any atom is -0.390 e. The van der Waals surface area contributed by atoms with E-state index in [0.717, 1.165) is 6.42 Å². The second kappa shape index (κ2) is 7.53. The highest BCUT2D eigenvalue weighted by Gasteiger charge is 2.13. The fourth-order valence-corrected chi connectivity index (χ4v) is 0.899. The van der Waals surface area contributed by atoms with Gasteiger partial charge in [0.25, 0.3) is 0 Å². The number of methoxy groups -OCH3 is 1. The Labute approximate surface area is 74.7 Å². The van der Waals surface area contributed by atoms with Gasteiger partial charge in [-0.25, -0.2) is 0 Å². The summed E-state index contributed by atoms with van der Waals surface area (Å²) in [6.07, 6.45) is 0.519. The van der Waals surface area contributed by atoms with Crippen molar-refractivity contribution in [1.82, 2.24) is 0 Å². The third kappa shape index (κ3) is 5.52. The van der Waals surface area contributed by atoms with Gasteiger partial charge in [-0.15, -0.1) is 0 Å². The molecule has 3 nitrogen and oxygen atoms in total. The van der Waals surface area contributed by atoms with Crippen LogP contribution in [0.4, 0.5) is 0 Å². The van der Waals surface area contributed by atoms with Gasteiger partial charge in [-0.2, -0.15) is 0 Å². The lowest BCUT2D eigenvalue weighted by Gasteiger charge is -2.17. The van der Waals surface area contributed by atoms with Crippen LogP contribution < -0.4 is 0 Å². The normalized spacial score (nSPS) is 16.0. The number of hydrogen-bond acceptors (Lipinski definition) is 3. The summed E-state index contributed by atoms with van der Waals surface area (Å²) < 4.78 is 10.0. The molecule has 0 amide bonds. The quantitative estimate of drug-likeness (QED) is 0.630. The molecule has 0 aromatic rings. The third-order valence-electron chi connectivity index (χ3n) is 1.93. The molecule has 0 aromatic heterocycles. The van der Waals surface area contributed by atoms with Crippen LogP contribution in [-0.2, 0) is 9.47 Å². The van der Waals surface area contributed by atoms with Crippen molar-refractivity contribution in [2.24, 2.45) is 5.92 Å². The first-order valence-corrected chi connectivity index (χ1v) is 4.47. The molecule has 2 atom stereocenters. The molecule has 0 saturated carbocycles. The molecule has 74 valence electrons. The predicted octanol–water partition coefficient (Wildman–Crippen LogP) is 1.06. The van der Waals surface area contributed by atoms with Gasteiger partial charge in [0.2, 0.25) is 0 Å². The maximum Gasteiger partial charge on any atom is 0.0799 e. The van der Waals surface area contributed by atoms with Crippen molar-refractivity contribution in [3.05, 3.63) is 0 Å². The number of ether oxygens (including phenoxy) is 2. The Kier molecular flexibility index (Phi) is 7.45. The summed E-state index contributed by atoms with van der Waals surface area (Å²) in [5.74, 6) is 0.247. The fraction of sp³-hybridized carbons (Fsp3) is 1.00. The van der Waals surface area contributed by atoms with E-state index in [1.54, 1.807) is 7.11 Å². The Hall–Kier alpha value is -0.120. The van der Waals surface area contributed by atoms with Gasteiger partial charge in [-0.3, -0.25) is 0 Å². The zero-order valence-corrected chi connectivity index (χ0v) is 8.25. The van der Waals surface area contributed by atoms with Gasteiger partial charge >= 0.3 is 0 Å². The maximum atomic E-state index is 9.49. The van der Waals surface area contributed by atoms with E-state index in [-0.39, 0.29) is 12.0 Å². The molecular weight excluding hydrogens is 156 g/mol. The van der Waals surface area contributed by atoms with E-state index in [4.69, 9.17) is 9.47 Å². The zero-order valence-electron chi connectivity index (χ0n) is 8.25. The fourth-order valence-electron chi connectivity index (χ4n) is 0.899. The Morgan fingerprint density at radius 3 is 2.58 bits per heavy atom. The molecule has 0 heterocycles.